The molecule has 0 amide bonds. The van der Waals surface area contributed by atoms with E-state index in [0.29, 0.717) is 0 Å². The van der Waals surface area contributed by atoms with E-state index in [1.165, 1.54) is 18.9 Å². The summed E-state index contributed by atoms with van der Waals surface area (Å²) in [4.78, 5) is 0.793. The molecule has 96 valence electrons. The van der Waals surface area contributed by atoms with E-state index in [0.717, 1.165) is 29.1 Å². The third kappa shape index (κ3) is 5.09. The van der Waals surface area contributed by atoms with Gasteiger partial charge in [0, 0.05) is 10.9 Å². The molecule has 0 saturated heterocycles. The van der Waals surface area contributed by atoms with Crippen LogP contribution in [0.3, 0.4) is 0 Å². The lowest BCUT2D eigenvalue weighted by Crippen LogP contribution is -2.18. The second-order valence-corrected chi connectivity index (χ2v) is 5.57. The van der Waals surface area contributed by atoms with Crippen LogP contribution in [-0.2, 0) is 6.42 Å². The second-order valence-electron chi connectivity index (χ2n) is 4.47. The van der Waals surface area contributed by atoms with Gasteiger partial charge in [0.15, 0.2) is 0 Å². The molecule has 1 atom stereocenters. The van der Waals surface area contributed by atoms with Crippen molar-refractivity contribution in [2.45, 2.75) is 50.5 Å². The standard InChI is InChI=1S/C14H22FNS/c1-3-4-5-9-17-14-12(10-11(2)16)7-6-8-13(14)15/h6-8,11H,3-5,9-10,16H2,1-2H3. The van der Waals surface area contributed by atoms with Crippen LogP contribution < -0.4 is 5.73 Å². The Labute approximate surface area is 108 Å². The molecule has 17 heavy (non-hydrogen) atoms. The van der Waals surface area contributed by atoms with E-state index in [2.05, 4.69) is 6.92 Å². The van der Waals surface area contributed by atoms with Gasteiger partial charge in [-0.25, -0.2) is 4.39 Å². The molecule has 0 radical (unpaired) electrons. The summed E-state index contributed by atoms with van der Waals surface area (Å²) in [6, 6.07) is 5.36. The Morgan fingerprint density at radius 1 is 1.35 bits per heavy atom. The van der Waals surface area contributed by atoms with Crippen molar-refractivity contribution in [3.05, 3.63) is 29.6 Å². The number of thioether (sulfide) groups is 1. The van der Waals surface area contributed by atoms with Gasteiger partial charge >= 0.3 is 0 Å². The maximum Gasteiger partial charge on any atom is 0.137 e. The van der Waals surface area contributed by atoms with Crippen molar-refractivity contribution in [1.29, 1.82) is 0 Å². The molecule has 3 heteroatoms. The van der Waals surface area contributed by atoms with Gasteiger partial charge in [0.05, 0.1) is 0 Å². The van der Waals surface area contributed by atoms with Gasteiger partial charge in [-0.15, -0.1) is 11.8 Å². The maximum absolute atomic E-state index is 13.7. The molecule has 1 rings (SSSR count). The predicted molar refractivity (Wildman–Crippen MR) is 74.0 cm³/mol. The summed E-state index contributed by atoms with van der Waals surface area (Å²) in [5.74, 6) is 0.880. The number of nitrogens with two attached hydrogens (primary N) is 1. The van der Waals surface area contributed by atoms with Gasteiger partial charge in [0.2, 0.25) is 0 Å². The highest BCUT2D eigenvalue weighted by Crippen LogP contribution is 2.27. The fourth-order valence-electron chi connectivity index (χ4n) is 1.75. The topological polar surface area (TPSA) is 26.0 Å². The summed E-state index contributed by atoms with van der Waals surface area (Å²) in [7, 11) is 0. The fourth-order valence-corrected chi connectivity index (χ4v) is 2.84. The van der Waals surface area contributed by atoms with Gasteiger partial charge in [-0.2, -0.15) is 0 Å². The highest BCUT2D eigenvalue weighted by molar-refractivity contribution is 7.99. The Balaban J connectivity index is 2.66. The number of rotatable bonds is 7. The Kier molecular flexibility index (Phi) is 6.60. The van der Waals surface area contributed by atoms with Crippen molar-refractivity contribution in [2.75, 3.05) is 5.75 Å². The number of benzene rings is 1. The van der Waals surface area contributed by atoms with E-state index >= 15 is 0 Å². The summed E-state index contributed by atoms with van der Waals surface area (Å²) < 4.78 is 13.7. The molecule has 0 saturated carbocycles. The van der Waals surface area contributed by atoms with Gasteiger partial charge in [-0.1, -0.05) is 31.9 Å². The zero-order valence-electron chi connectivity index (χ0n) is 10.7. The molecule has 0 bridgehead atoms. The van der Waals surface area contributed by atoms with Crippen LogP contribution in [0.2, 0.25) is 0 Å². The highest BCUT2D eigenvalue weighted by Gasteiger charge is 2.10. The summed E-state index contributed by atoms with van der Waals surface area (Å²) in [6.45, 7) is 4.13. The molecule has 2 N–H and O–H groups in total. The van der Waals surface area contributed by atoms with E-state index in [1.807, 2.05) is 13.0 Å². The smallest absolute Gasteiger partial charge is 0.137 e. The van der Waals surface area contributed by atoms with Crippen molar-refractivity contribution in [3.8, 4) is 0 Å². The minimum atomic E-state index is -0.107. The first-order valence-corrected chi connectivity index (χ1v) is 7.29. The zero-order valence-corrected chi connectivity index (χ0v) is 11.5. The van der Waals surface area contributed by atoms with Crippen LogP contribution in [0.4, 0.5) is 4.39 Å². The first-order valence-electron chi connectivity index (χ1n) is 6.31. The fraction of sp³-hybridized carbons (Fsp3) is 0.571. The van der Waals surface area contributed by atoms with Crippen molar-refractivity contribution < 1.29 is 4.39 Å². The molecule has 0 aliphatic rings. The van der Waals surface area contributed by atoms with Crippen LogP contribution in [0.15, 0.2) is 23.1 Å². The van der Waals surface area contributed by atoms with Crippen LogP contribution in [0.1, 0.15) is 38.7 Å². The third-order valence-corrected chi connectivity index (χ3v) is 3.82. The molecule has 1 unspecified atom stereocenters. The Hall–Kier alpha value is -0.540. The lowest BCUT2D eigenvalue weighted by molar-refractivity contribution is 0.592. The molecule has 1 nitrogen and oxygen atoms in total. The normalized spacial score (nSPS) is 12.7. The van der Waals surface area contributed by atoms with Gasteiger partial charge in [0.25, 0.3) is 0 Å². The lowest BCUT2D eigenvalue weighted by atomic mass is 10.1. The van der Waals surface area contributed by atoms with E-state index < -0.39 is 0 Å². The summed E-state index contributed by atoms with van der Waals surface area (Å²) >= 11 is 1.63. The van der Waals surface area contributed by atoms with Crippen LogP contribution in [0.5, 0.6) is 0 Å². The molecule has 0 heterocycles. The lowest BCUT2D eigenvalue weighted by Gasteiger charge is -2.12. The first-order chi connectivity index (χ1) is 8.15. The Morgan fingerprint density at radius 2 is 2.12 bits per heavy atom. The molecule has 0 aliphatic heterocycles. The van der Waals surface area contributed by atoms with E-state index in [1.54, 1.807) is 17.8 Å². The van der Waals surface area contributed by atoms with E-state index in [4.69, 9.17) is 5.73 Å². The number of hydrogen-bond donors (Lipinski definition) is 1. The van der Waals surface area contributed by atoms with Crippen molar-refractivity contribution in [3.63, 3.8) is 0 Å². The van der Waals surface area contributed by atoms with Gasteiger partial charge in [0.1, 0.15) is 5.82 Å². The van der Waals surface area contributed by atoms with Gasteiger partial charge in [-0.3, -0.25) is 0 Å². The van der Waals surface area contributed by atoms with Gasteiger partial charge in [-0.05, 0) is 37.1 Å². The van der Waals surface area contributed by atoms with Gasteiger partial charge < -0.3 is 5.73 Å². The monoisotopic (exact) mass is 255 g/mol. The molecule has 0 aliphatic carbocycles. The van der Waals surface area contributed by atoms with Crippen LogP contribution in [0, 0.1) is 5.82 Å². The van der Waals surface area contributed by atoms with E-state index in [9.17, 15) is 4.39 Å². The van der Waals surface area contributed by atoms with Crippen LogP contribution in [-0.4, -0.2) is 11.8 Å². The van der Waals surface area contributed by atoms with E-state index in [-0.39, 0.29) is 11.9 Å². The minimum absolute atomic E-state index is 0.0757. The Morgan fingerprint density at radius 3 is 2.76 bits per heavy atom. The molecule has 1 aromatic carbocycles. The minimum Gasteiger partial charge on any atom is -0.328 e. The molecule has 0 fully saturated rings. The zero-order chi connectivity index (χ0) is 12.7. The SMILES string of the molecule is CCCCCSc1c(F)cccc1CC(C)N. The third-order valence-electron chi connectivity index (χ3n) is 2.58. The van der Waals surface area contributed by atoms with Crippen LogP contribution >= 0.6 is 11.8 Å². The number of halogens is 1. The van der Waals surface area contributed by atoms with Crippen molar-refractivity contribution >= 4 is 11.8 Å². The number of hydrogen-bond acceptors (Lipinski definition) is 2. The predicted octanol–water partition coefficient (Wildman–Crippen LogP) is 4.00. The molecule has 1 aromatic rings. The number of unbranched alkanes of at least 4 members (excludes halogenated alkanes) is 2. The summed E-state index contributed by atoms with van der Waals surface area (Å²) in [5, 5.41) is 0. The average Bonchev–Trinajstić information content (AvgIpc) is 2.26. The molecule has 0 aromatic heterocycles. The summed E-state index contributed by atoms with van der Waals surface area (Å²) in [5.41, 5.74) is 6.83. The highest BCUT2D eigenvalue weighted by atomic mass is 32.2. The maximum atomic E-state index is 13.7. The quantitative estimate of drug-likeness (QED) is 0.589. The first kappa shape index (κ1) is 14.5. The Bertz CT molecular complexity index is 339. The molecular weight excluding hydrogens is 233 g/mol. The molecular formula is C14H22FNS. The second kappa shape index (κ2) is 7.72. The van der Waals surface area contributed by atoms with Crippen LogP contribution in [0.25, 0.3) is 0 Å². The average molecular weight is 255 g/mol. The van der Waals surface area contributed by atoms with Crippen molar-refractivity contribution in [1.82, 2.24) is 0 Å². The molecule has 0 spiro atoms. The van der Waals surface area contributed by atoms with Crippen molar-refractivity contribution in [2.24, 2.45) is 5.73 Å². The summed E-state index contributed by atoms with van der Waals surface area (Å²) in [6.07, 6.45) is 4.30. The largest absolute Gasteiger partial charge is 0.328 e.